The molecule has 4 aliphatic heterocycles. The number of amides is 1. The van der Waals surface area contributed by atoms with Gasteiger partial charge in [-0.05, 0) is 84.3 Å². The highest BCUT2D eigenvalue weighted by molar-refractivity contribution is 7.89. The number of ether oxygens (including phenoxy) is 6. The smallest absolute Gasteiger partial charge is 0.408 e. The summed E-state index contributed by atoms with van der Waals surface area (Å²) >= 11 is 0. The van der Waals surface area contributed by atoms with E-state index in [1.54, 1.807) is 46.8 Å². The number of carbonyl (C=O) groups excluding carboxylic acids is 3. The maximum absolute atomic E-state index is 14.6. The van der Waals surface area contributed by atoms with Crippen LogP contribution in [0.1, 0.15) is 74.7 Å². The number of sulfonamides is 1. The topological polar surface area (TPSA) is 188 Å². The van der Waals surface area contributed by atoms with Crippen LogP contribution in [0.25, 0.3) is 11.1 Å². The molecule has 4 aliphatic rings. The lowest BCUT2D eigenvalue weighted by atomic mass is 9.73. The Bertz CT molecular complexity index is 1990. The number of benzene rings is 2. The number of carbonyl (C=O) groups is 3. The molecule has 0 radical (unpaired) electrons. The summed E-state index contributed by atoms with van der Waals surface area (Å²) in [5.41, 5.74) is -1.19. The van der Waals surface area contributed by atoms with Gasteiger partial charge in [-0.15, -0.1) is 0 Å². The average Bonchev–Trinajstić information content (AvgIpc) is 3.55. The Balaban J connectivity index is 1.43. The van der Waals surface area contributed by atoms with Crippen molar-refractivity contribution in [3.8, 4) is 11.1 Å². The summed E-state index contributed by atoms with van der Waals surface area (Å²) in [5.74, 6) is -4.03. The number of aliphatic hydroxyl groups excluding tert-OH is 1. The minimum Gasteiger partial charge on any atom is -0.458 e. The molecule has 61 heavy (non-hydrogen) atoms. The molecule has 1 unspecified atom stereocenters. The molecule has 4 heterocycles. The van der Waals surface area contributed by atoms with Gasteiger partial charge in [0.05, 0.1) is 60.0 Å². The molecule has 15 nitrogen and oxygen atoms in total. The fraction of sp³-hybridized carbons (Fsp3) is 0.667. The Morgan fingerprint density at radius 2 is 1.64 bits per heavy atom. The number of hydrogen-bond donors (Lipinski definition) is 3. The predicted molar refractivity (Wildman–Crippen MR) is 226 cm³/mol. The van der Waals surface area contributed by atoms with Crippen molar-refractivity contribution in [1.29, 1.82) is 0 Å². The van der Waals surface area contributed by atoms with Crippen molar-refractivity contribution in [2.45, 2.75) is 146 Å². The minimum atomic E-state index is -4.17. The van der Waals surface area contributed by atoms with Gasteiger partial charge in [-0.2, -0.15) is 0 Å². The van der Waals surface area contributed by atoms with Gasteiger partial charge in [0, 0.05) is 23.8 Å². The van der Waals surface area contributed by atoms with E-state index < -0.39 is 99.7 Å². The molecule has 2 bridgehead atoms. The molecule has 3 N–H and O–H groups in total. The van der Waals surface area contributed by atoms with Gasteiger partial charge >= 0.3 is 12.1 Å². The lowest BCUT2D eigenvalue weighted by Gasteiger charge is -2.48. The van der Waals surface area contributed by atoms with Crippen LogP contribution in [0.2, 0.25) is 0 Å². The van der Waals surface area contributed by atoms with Crippen LogP contribution >= 0.6 is 0 Å². The molecular formula is C45H65N3O12S. The largest absolute Gasteiger partial charge is 0.458 e. The number of fused-ring (bicyclic) bond motifs is 4. The Morgan fingerprint density at radius 1 is 0.951 bits per heavy atom. The zero-order valence-corrected chi connectivity index (χ0v) is 37.8. The Labute approximate surface area is 360 Å². The Hall–Kier alpha value is -3.48. The first-order valence-corrected chi connectivity index (χ1v) is 23.0. The second-order valence-corrected chi connectivity index (χ2v) is 19.9. The van der Waals surface area contributed by atoms with Gasteiger partial charge in [-0.3, -0.25) is 9.59 Å². The van der Waals surface area contributed by atoms with Crippen molar-refractivity contribution in [1.82, 2.24) is 14.9 Å². The second-order valence-electron chi connectivity index (χ2n) is 18.2. The minimum absolute atomic E-state index is 0.0399. The van der Waals surface area contributed by atoms with Gasteiger partial charge in [-0.25, -0.2) is 17.9 Å². The number of Topliss-reactive ketones (excluding diaryl/α,β-unsaturated/α-hetero) is 1. The number of nitrogens with zero attached hydrogens (tertiary/aromatic N) is 1. The molecule has 4 saturated heterocycles. The van der Waals surface area contributed by atoms with Crippen molar-refractivity contribution in [3.63, 3.8) is 0 Å². The summed E-state index contributed by atoms with van der Waals surface area (Å²) < 4.78 is 70.0. The average molecular weight is 872 g/mol. The van der Waals surface area contributed by atoms with Gasteiger partial charge in [0.2, 0.25) is 10.0 Å². The monoisotopic (exact) mass is 871 g/mol. The summed E-state index contributed by atoms with van der Waals surface area (Å²) in [4.78, 5) is 43.8. The van der Waals surface area contributed by atoms with Crippen molar-refractivity contribution in [2.24, 2.45) is 23.7 Å². The van der Waals surface area contributed by atoms with Crippen molar-refractivity contribution in [3.05, 3.63) is 54.6 Å². The maximum Gasteiger partial charge on any atom is 0.408 e. The van der Waals surface area contributed by atoms with Gasteiger partial charge in [0.25, 0.3) is 0 Å². The number of alkyl carbamates (subject to hydrolysis) is 1. The maximum atomic E-state index is 14.6. The van der Waals surface area contributed by atoms with Gasteiger partial charge in [0.15, 0.2) is 11.9 Å². The van der Waals surface area contributed by atoms with Gasteiger partial charge < -0.3 is 43.7 Å². The van der Waals surface area contributed by atoms with Crippen LogP contribution < -0.4 is 10.0 Å². The molecule has 0 spiro atoms. The van der Waals surface area contributed by atoms with E-state index in [2.05, 4.69) is 10.0 Å². The van der Waals surface area contributed by atoms with Crippen molar-refractivity contribution < 1.29 is 56.3 Å². The van der Waals surface area contributed by atoms with Gasteiger partial charge in [-0.1, -0.05) is 70.2 Å². The highest BCUT2D eigenvalue weighted by Crippen LogP contribution is 2.42. The Morgan fingerprint density at radius 3 is 2.31 bits per heavy atom. The summed E-state index contributed by atoms with van der Waals surface area (Å²) in [6.07, 6.45) is -5.24. The van der Waals surface area contributed by atoms with Crippen molar-refractivity contribution in [2.75, 3.05) is 27.3 Å². The molecule has 15 atom stereocenters. The van der Waals surface area contributed by atoms with E-state index in [0.717, 1.165) is 11.1 Å². The first-order chi connectivity index (χ1) is 28.7. The first-order valence-electron chi connectivity index (χ1n) is 21.5. The fourth-order valence-electron chi connectivity index (χ4n) is 9.96. The molecule has 16 heteroatoms. The lowest BCUT2D eigenvalue weighted by molar-refractivity contribution is -0.302. The molecule has 0 saturated carbocycles. The van der Waals surface area contributed by atoms with Gasteiger partial charge in [0.1, 0.15) is 18.0 Å². The van der Waals surface area contributed by atoms with Crippen LogP contribution in [-0.4, -0.2) is 130 Å². The number of rotatable bonds is 8. The quantitative estimate of drug-likeness (QED) is 0.311. The number of nitrogens with one attached hydrogen (secondary N) is 2. The zero-order chi connectivity index (χ0) is 44.6. The number of aliphatic hydroxyl groups is 1. The molecule has 4 fully saturated rings. The molecule has 338 valence electrons. The first kappa shape index (κ1) is 47.0. The number of hydrogen-bond acceptors (Lipinski definition) is 13. The highest BCUT2D eigenvalue weighted by atomic mass is 32.2. The molecule has 2 aromatic carbocycles. The third kappa shape index (κ3) is 9.86. The summed E-state index contributed by atoms with van der Waals surface area (Å²) in [7, 11) is -0.421. The lowest BCUT2D eigenvalue weighted by Crippen LogP contribution is -2.60. The van der Waals surface area contributed by atoms with Crippen LogP contribution in [-0.2, 0) is 48.0 Å². The van der Waals surface area contributed by atoms with E-state index in [1.165, 1.54) is 6.07 Å². The SMILES string of the molecule is CC[C@H]1OC(=O)[C@H](C)[C@H]2OCC(NS(=O)(=O)c3cccc(-c4ccccc4)c3)CO[C@](C)(C[C@@H](C)C(=O)[C@H](C)[C@@H]3NC(=O)O[C@]13C)[C@H](O[C@@H]1O[C@H](C)C[C@H](N(C)C)[C@H]1O)[C@@H]2C. The number of likely N-dealkylation sites (N-methyl/N-ethyl adjacent to an activating group) is 1. The van der Waals surface area contributed by atoms with E-state index in [1.807, 2.05) is 76.2 Å². The molecule has 6 rings (SSSR count). The van der Waals surface area contributed by atoms with E-state index in [9.17, 15) is 27.9 Å². The van der Waals surface area contributed by atoms with Crippen LogP contribution in [0.15, 0.2) is 59.5 Å². The van der Waals surface area contributed by atoms with E-state index in [-0.39, 0.29) is 48.9 Å². The highest BCUT2D eigenvalue weighted by Gasteiger charge is 2.58. The molecule has 0 aliphatic carbocycles. The fourth-order valence-corrected chi connectivity index (χ4v) is 11.2. The summed E-state index contributed by atoms with van der Waals surface area (Å²) in [6, 6.07) is 14.0. The van der Waals surface area contributed by atoms with Crippen LogP contribution in [0.3, 0.4) is 0 Å². The second kappa shape index (κ2) is 18.7. The zero-order valence-electron chi connectivity index (χ0n) is 37.0. The summed E-state index contributed by atoms with van der Waals surface area (Å²) in [5, 5.41) is 14.5. The van der Waals surface area contributed by atoms with Crippen LogP contribution in [0.5, 0.6) is 0 Å². The Kier molecular flexibility index (Phi) is 14.4. The molecule has 1 amide bonds. The predicted octanol–water partition coefficient (Wildman–Crippen LogP) is 4.69. The number of ketones is 1. The third-order valence-electron chi connectivity index (χ3n) is 13.3. The van der Waals surface area contributed by atoms with Crippen LogP contribution in [0, 0.1) is 23.7 Å². The normalized spacial score (nSPS) is 39.2. The van der Waals surface area contributed by atoms with Crippen LogP contribution in [0.4, 0.5) is 4.79 Å². The summed E-state index contributed by atoms with van der Waals surface area (Å²) in [6.45, 7) is 13.8. The number of cyclic esters (lactones) is 1. The van der Waals surface area contributed by atoms with E-state index in [0.29, 0.717) is 6.42 Å². The van der Waals surface area contributed by atoms with E-state index >= 15 is 0 Å². The third-order valence-corrected chi connectivity index (χ3v) is 14.8. The number of esters is 1. The van der Waals surface area contributed by atoms with Crippen molar-refractivity contribution >= 4 is 27.9 Å². The van der Waals surface area contributed by atoms with E-state index in [4.69, 9.17) is 28.4 Å². The molecular weight excluding hydrogens is 807 g/mol. The standard InChI is InChI=1S/C45H65N3O12S/c1-11-35-45(8)39(46-43(52)60-45)27(4)36(49)25(2)22-44(7)40(59-42-37(50)34(48(9)10)20-26(3)57-42)28(5)38(29(6)41(51)58-35)55-23-32(24-56-44)47-61(53,54)33-19-15-18-31(21-33)30-16-13-12-14-17-30/h12-19,21,25-29,32,34-35,37-40,42,47,50H,11,20,22-24H2,1-10H3,(H,46,52)/t25-,26-,27+,28-,29-,32?,34+,35-,37-,38+,39+,40-,42+,44-,45-/m1/s1. The molecule has 0 aromatic heterocycles. The molecule has 2 aromatic rings.